The summed E-state index contributed by atoms with van der Waals surface area (Å²) in [6.45, 7) is 7.84. The zero-order valence-corrected chi connectivity index (χ0v) is 11.1. The summed E-state index contributed by atoms with van der Waals surface area (Å²) in [5, 5.41) is 6.42. The van der Waals surface area contributed by atoms with E-state index in [0.717, 1.165) is 19.5 Å². The van der Waals surface area contributed by atoms with Gasteiger partial charge in [0.2, 0.25) is 0 Å². The average Bonchev–Trinajstić information content (AvgIpc) is 2.23. The van der Waals surface area contributed by atoms with Crippen molar-refractivity contribution in [1.82, 2.24) is 10.6 Å². The number of hydrogen-bond donors (Lipinski definition) is 2. The predicted molar refractivity (Wildman–Crippen MR) is 66.9 cm³/mol. The molecule has 4 nitrogen and oxygen atoms in total. The van der Waals surface area contributed by atoms with Crippen molar-refractivity contribution in [3.8, 4) is 0 Å². The molecule has 1 saturated carbocycles. The summed E-state index contributed by atoms with van der Waals surface area (Å²) >= 11 is 0. The molecule has 1 unspecified atom stereocenters. The Kier molecular flexibility index (Phi) is 3.34. The Hall–Kier alpha value is -0.770. The molecule has 0 aromatic rings. The lowest BCUT2D eigenvalue weighted by molar-refractivity contribution is 0.00812. The van der Waals surface area contributed by atoms with Crippen LogP contribution in [0.3, 0.4) is 0 Å². The van der Waals surface area contributed by atoms with Crippen LogP contribution < -0.4 is 10.6 Å². The fraction of sp³-hybridized carbons (Fsp3) is 0.923. The van der Waals surface area contributed by atoms with Gasteiger partial charge < -0.3 is 15.4 Å². The minimum atomic E-state index is -0.408. The monoisotopic (exact) mass is 240 g/mol. The summed E-state index contributed by atoms with van der Waals surface area (Å²) < 4.78 is 5.31. The van der Waals surface area contributed by atoms with Crippen LogP contribution in [-0.4, -0.2) is 30.8 Å². The van der Waals surface area contributed by atoms with Crippen molar-refractivity contribution in [2.45, 2.75) is 58.1 Å². The average molecular weight is 240 g/mol. The fourth-order valence-electron chi connectivity index (χ4n) is 2.90. The normalized spacial score (nSPS) is 27.4. The number of carbonyl (C=O) groups excluding carboxylic acids is 1. The summed E-state index contributed by atoms with van der Waals surface area (Å²) in [6.07, 6.45) is 4.43. The van der Waals surface area contributed by atoms with E-state index in [1.807, 2.05) is 20.8 Å². The first kappa shape index (κ1) is 12.7. The van der Waals surface area contributed by atoms with Gasteiger partial charge in [-0.25, -0.2) is 4.79 Å². The van der Waals surface area contributed by atoms with Gasteiger partial charge >= 0.3 is 6.09 Å². The highest BCUT2D eigenvalue weighted by atomic mass is 16.6. The highest BCUT2D eigenvalue weighted by molar-refractivity contribution is 5.68. The van der Waals surface area contributed by atoms with E-state index in [1.165, 1.54) is 19.3 Å². The van der Waals surface area contributed by atoms with Gasteiger partial charge in [0.25, 0.3) is 0 Å². The lowest BCUT2D eigenvalue weighted by Gasteiger charge is -2.52. The molecule has 1 spiro atoms. The quantitative estimate of drug-likeness (QED) is 0.737. The molecule has 2 fully saturated rings. The van der Waals surface area contributed by atoms with Gasteiger partial charge in [0.1, 0.15) is 5.60 Å². The number of nitrogens with one attached hydrogen (secondary N) is 2. The first-order valence-corrected chi connectivity index (χ1v) is 6.62. The molecule has 17 heavy (non-hydrogen) atoms. The number of carbonyl (C=O) groups is 1. The van der Waals surface area contributed by atoms with E-state index in [9.17, 15) is 4.79 Å². The van der Waals surface area contributed by atoms with Gasteiger partial charge in [0.05, 0.1) is 0 Å². The van der Waals surface area contributed by atoms with Crippen LogP contribution in [0.1, 0.15) is 46.5 Å². The number of rotatable bonds is 1. The van der Waals surface area contributed by atoms with Crippen LogP contribution in [-0.2, 0) is 4.74 Å². The molecular weight excluding hydrogens is 216 g/mol. The van der Waals surface area contributed by atoms with Gasteiger partial charge in [0.15, 0.2) is 0 Å². The van der Waals surface area contributed by atoms with Crippen LogP contribution in [0.15, 0.2) is 0 Å². The molecule has 1 saturated heterocycles. The van der Waals surface area contributed by atoms with Crippen LogP contribution in [0.2, 0.25) is 0 Å². The van der Waals surface area contributed by atoms with Crippen LogP contribution in [0, 0.1) is 5.41 Å². The second-order valence-corrected chi connectivity index (χ2v) is 6.35. The molecule has 0 radical (unpaired) electrons. The summed E-state index contributed by atoms with van der Waals surface area (Å²) in [6, 6.07) is 0.319. The summed E-state index contributed by atoms with van der Waals surface area (Å²) in [7, 11) is 0. The van der Waals surface area contributed by atoms with Crippen LogP contribution in [0.25, 0.3) is 0 Å². The van der Waals surface area contributed by atoms with Crippen molar-refractivity contribution in [1.29, 1.82) is 0 Å². The van der Waals surface area contributed by atoms with Crippen molar-refractivity contribution >= 4 is 6.09 Å². The van der Waals surface area contributed by atoms with Gasteiger partial charge in [-0.2, -0.15) is 0 Å². The molecular formula is C13H24N2O2. The molecule has 0 aromatic heterocycles. The van der Waals surface area contributed by atoms with E-state index in [0.29, 0.717) is 11.5 Å². The molecule has 2 rings (SSSR count). The third kappa shape index (κ3) is 2.92. The first-order valence-electron chi connectivity index (χ1n) is 6.62. The Labute approximate surface area is 103 Å². The molecule has 2 aliphatic rings. The Morgan fingerprint density at radius 1 is 1.29 bits per heavy atom. The second-order valence-electron chi connectivity index (χ2n) is 6.35. The standard InChI is InChI=1S/C13H24N2O2/c1-12(2,3)17-11(16)15-10-4-5-13(10)6-8-14-9-7-13/h10,14H,4-9H2,1-3H3,(H,15,16). The number of hydrogen-bond acceptors (Lipinski definition) is 3. The summed E-state index contributed by atoms with van der Waals surface area (Å²) in [5.41, 5.74) is -0.0583. The Morgan fingerprint density at radius 2 is 1.94 bits per heavy atom. The summed E-state index contributed by atoms with van der Waals surface area (Å²) in [4.78, 5) is 11.7. The van der Waals surface area contributed by atoms with Gasteiger partial charge in [-0.1, -0.05) is 0 Å². The molecule has 0 aromatic carbocycles. The second kappa shape index (κ2) is 4.48. The van der Waals surface area contributed by atoms with Crippen molar-refractivity contribution in [2.24, 2.45) is 5.41 Å². The maximum atomic E-state index is 11.7. The number of amides is 1. The number of ether oxygens (including phenoxy) is 1. The van der Waals surface area contributed by atoms with Gasteiger partial charge in [0, 0.05) is 6.04 Å². The molecule has 98 valence electrons. The van der Waals surface area contributed by atoms with Crippen LogP contribution in [0.4, 0.5) is 4.79 Å². The lowest BCUT2D eigenvalue weighted by atomic mass is 9.59. The van der Waals surface area contributed by atoms with Crippen molar-refractivity contribution in [3.05, 3.63) is 0 Å². The van der Waals surface area contributed by atoms with Crippen LogP contribution >= 0.6 is 0 Å². The summed E-state index contributed by atoms with van der Waals surface area (Å²) in [5.74, 6) is 0. The highest BCUT2D eigenvalue weighted by Gasteiger charge is 2.47. The third-order valence-electron chi connectivity index (χ3n) is 3.96. The fourth-order valence-corrected chi connectivity index (χ4v) is 2.90. The number of alkyl carbamates (subject to hydrolysis) is 1. The van der Waals surface area contributed by atoms with E-state index in [4.69, 9.17) is 4.74 Å². The Morgan fingerprint density at radius 3 is 2.41 bits per heavy atom. The zero-order valence-electron chi connectivity index (χ0n) is 11.1. The minimum absolute atomic E-state index is 0.264. The SMILES string of the molecule is CC(C)(C)OC(=O)NC1CCC12CCNCC2. The minimum Gasteiger partial charge on any atom is -0.444 e. The van der Waals surface area contributed by atoms with Crippen molar-refractivity contribution < 1.29 is 9.53 Å². The van der Waals surface area contributed by atoms with E-state index < -0.39 is 5.60 Å². The molecule has 2 N–H and O–H groups in total. The molecule has 0 bridgehead atoms. The van der Waals surface area contributed by atoms with Gasteiger partial charge in [-0.3, -0.25) is 0 Å². The molecule has 1 amide bonds. The molecule has 1 aliphatic heterocycles. The molecule has 4 heteroatoms. The van der Waals surface area contributed by atoms with Gasteiger partial charge in [-0.15, -0.1) is 0 Å². The van der Waals surface area contributed by atoms with Crippen LogP contribution in [0.5, 0.6) is 0 Å². The van der Waals surface area contributed by atoms with Crippen molar-refractivity contribution in [2.75, 3.05) is 13.1 Å². The van der Waals surface area contributed by atoms with E-state index in [1.54, 1.807) is 0 Å². The van der Waals surface area contributed by atoms with E-state index in [2.05, 4.69) is 10.6 Å². The number of piperidine rings is 1. The molecule has 1 atom stereocenters. The Bertz CT molecular complexity index is 290. The van der Waals surface area contributed by atoms with E-state index in [-0.39, 0.29) is 6.09 Å². The topological polar surface area (TPSA) is 50.4 Å². The predicted octanol–water partition coefficient (Wildman–Crippen LogP) is 2.04. The first-order chi connectivity index (χ1) is 7.91. The Balaban J connectivity index is 1.85. The van der Waals surface area contributed by atoms with Gasteiger partial charge in [-0.05, 0) is 65.0 Å². The molecule has 1 heterocycles. The van der Waals surface area contributed by atoms with E-state index >= 15 is 0 Å². The maximum Gasteiger partial charge on any atom is 0.407 e. The lowest BCUT2D eigenvalue weighted by Crippen LogP contribution is -2.59. The zero-order chi connectivity index (χ0) is 12.5. The maximum absolute atomic E-state index is 11.7. The smallest absolute Gasteiger partial charge is 0.407 e. The van der Waals surface area contributed by atoms with Crippen molar-refractivity contribution in [3.63, 3.8) is 0 Å². The third-order valence-corrected chi connectivity index (χ3v) is 3.96. The highest BCUT2D eigenvalue weighted by Crippen LogP contribution is 2.47. The largest absolute Gasteiger partial charge is 0.444 e. The molecule has 1 aliphatic carbocycles.